The topological polar surface area (TPSA) is 90.0 Å². The predicted octanol–water partition coefficient (Wildman–Crippen LogP) is 1.96. The Hall–Kier alpha value is -3.48. The van der Waals surface area contributed by atoms with E-state index < -0.39 is 5.97 Å². The fraction of sp³-hybridized carbons (Fsp3) is 0.158. The summed E-state index contributed by atoms with van der Waals surface area (Å²) in [5, 5.41) is 14.5. The van der Waals surface area contributed by atoms with Gasteiger partial charge in [-0.3, -0.25) is 9.59 Å². The highest BCUT2D eigenvalue weighted by Crippen LogP contribution is 2.17. The van der Waals surface area contributed by atoms with Gasteiger partial charge in [-0.25, -0.2) is 9.67 Å². The smallest absolute Gasteiger partial charge is 0.309 e. The molecule has 0 fully saturated rings. The monoisotopic (exact) mass is 348 g/mol. The zero-order valence-corrected chi connectivity index (χ0v) is 14.1. The Morgan fingerprint density at radius 2 is 1.77 bits per heavy atom. The van der Waals surface area contributed by atoms with Crippen molar-refractivity contribution in [2.24, 2.45) is 7.05 Å². The summed E-state index contributed by atoms with van der Waals surface area (Å²) < 4.78 is 3.21. The molecule has 0 atom stereocenters. The Morgan fingerprint density at radius 1 is 1.08 bits per heavy atom. The van der Waals surface area contributed by atoms with Crippen molar-refractivity contribution < 1.29 is 9.90 Å². The van der Waals surface area contributed by atoms with Crippen molar-refractivity contribution in [2.45, 2.75) is 13.0 Å². The van der Waals surface area contributed by atoms with Gasteiger partial charge in [0.1, 0.15) is 12.4 Å². The molecule has 0 amide bonds. The molecule has 0 saturated carbocycles. The lowest BCUT2D eigenvalue weighted by atomic mass is 10.1. The van der Waals surface area contributed by atoms with Crippen molar-refractivity contribution in [3.8, 4) is 0 Å². The first-order valence-corrected chi connectivity index (χ1v) is 8.15. The third kappa shape index (κ3) is 2.63. The number of aromatic nitrogens is 4. The molecule has 0 spiro atoms. The van der Waals surface area contributed by atoms with Crippen LogP contribution in [0.5, 0.6) is 0 Å². The summed E-state index contributed by atoms with van der Waals surface area (Å²) in [5.41, 5.74) is 1.90. The average molecular weight is 348 g/mol. The molecule has 2 aromatic carbocycles. The molecule has 2 heterocycles. The highest BCUT2D eigenvalue weighted by Gasteiger charge is 2.15. The van der Waals surface area contributed by atoms with Gasteiger partial charge in [0.25, 0.3) is 5.56 Å². The van der Waals surface area contributed by atoms with Crippen LogP contribution >= 0.6 is 0 Å². The van der Waals surface area contributed by atoms with E-state index in [1.54, 1.807) is 24.3 Å². The summed E-state index contributed by atoms with van der Waals surface area (Å²) in [7, 11) is 1.88. The van der Waals surface area contributed by atoms with Gasteiger partial charge in [0.15, 0.2) is 0 Å². The molecule has 7 nitrogen and oxygen atoms in total. The van der Waals surface area contributed by atoms with Crippen LogP contribution in [-0.2, 0) is 24.8 Å². The first-order chi connectivity index (χ1) is 12.5. The van der Waals surface area contributed by atoms with E-state index in [2.05, 4.69) is 10.1 Å². The molecule has 0 aliphatic heterocycles. The van der Waals surface area contributed by atoms with Crippen LogP contribution in [0.3, 0.4) is 0 Å². The fourth-order valence-electron chi connectivity index (χ4n) is 3.16. The van der Waals surface area contributed by atoms with E-state index >= 15 is 0 Å². The number of imidazole rings is 1. The molecular weight excluding hydrogens is 332 g/mol. The molecular formula is C19H16N4O3. The lowest BCUT2D eigenvalue weighted by Gasteiger charge is -2.10. The Morgan fingerprint density at radius 3 is 2.50 bits per heavy atom. The molecule has 0 aliphatic rings. The highest BCUT2D eigenvalue weighted by atomic mass is 16.4. The molecule has 4 aromatic rings. The normalized spacial score (nSPS) is 11.3. The molecule has 4 rings (SSSR count). The zero-order valence-electron chi connectivity index (χ0n) is 14.1. The van der Waals surface area contributed by atoms with Crippen LogP contribution in [0.15, 0.2) is 53.3 Å². The molecule has 0 unspecified atom stereocenters. The van der Waals surface area contributed by atoms with Gasteiger partial charge < -0.3 is 9.67 Å². The van der Waals surface area contributed by atoms with E-state index in [0.29, 0.717) is 22.3 Å². The second-order valence-corrected chi connectivity index (χ2v) is 6.10. The van der Waals surface area contributed by atoms with E-state index in [1.807, 2.05) is 35.9 Å². The van der Waals surface area contributed by atoms with Crippen molar-refractivity contribution >= 4 is 27.8 Å². The van der Waals surface area contributed by atoms with E-state index in [-0.39, 0.29) is 18.5 Å². The quantitative estimate of drug-likeness (QED) is 0.609. The van der Waals surface area contributed by atoms with Crippen molar-refractivity contribution in [3.05, 3.63) is 70.4 Å². The maximum atomic E-state index is 12.8. The minimum absolute atomic E-state index is 0.168. The first-order valence-electron chi connectivity index (χ1n) is 8.15. The van der Waals surface area contributed by atoms with Crippen LogP contribution in [0.4, 0.5) is 0 Å². The van der Waals surface area contributed by atoms with Crippen molar-refractivity contribution in [1.82, 2.24) is 19.3 Å². The van der Waals surface area contributed by atoms with Gasteiger partial charge in [0.05, 0.1) is 28.5 Å². The summed E-state index contributed by atoms with van der Waals surface area (Å²) in [6.45, 7) is 0.168. The third-order valence-electron chi connectivity index (χ3n) is 4.43. The van der Waals surface area contributed by atoms with Gasteiger partial charge in [0.2, 0.25) is 0 Å². The number of carboxylic acid groups (broad SMARTS) is 1. The number of benzene rings is 2. The van der Waals surface area contributed by atoms with Crippen LogP contribution in [0.1, 0.15) is 11.5 Å². The number of aliphatic carboxylic acids is 1. The number of rotatable bonds is 4. The highest BCUT2D eigenvalue weighted by molar-refractivity contribution is 5.86. The van der Waals surface area contributed by atoms with Crippen LogP contribution in [0.2, 0.25) is 0 Å². The third-order valence-corrected chi connectivity index (χ3v) is 4.43. The number of fused-ring (bicyclic) bond motifs is 2. The van der Waals surface area contributed by atoms with Gasteiger partial charge in [-0.05, 0) is 18.2 Å². The van der Waals surface area contributed by atoms with Crippen LogP contribution in [-0.4, -0.2) is 30.4 Å². The number of nitrogens with zero attached hydrogens (tertiary/aromatic N) is 4. The molecule has 0 bridgehead atoms. The van der Waals surface area contributed by atoms with Crippen LogP contribution in [0.25, 0.3) is 21.8 Å². The number of carbonyl (C=O) groups is 1. The average Bonchev–Trinajstić information content (AvgIpc) is 2.95. The predicted molar refractivity (Wildman–Crippen MR) is 97.2 cm³/mol. The Labute approximate surface area is 148 Å². The van der Waals surface area contributed by atoms with Crippen molar-refractivity contribution in [1.29, 1.82) is 0 Å². The molecule has 0 aliphatic carbocycles. The number of hydrogen-bond donors (Lipinski definition) is 1. The molecule has 7 heteroatoms. The van der Waals surface area contributed by atoms with Gasteiger partial charge >= 0.3 is 5.97 Å². The second kappa shape index (κ2) is 6.11. The van der Waals surface area contributed by atoms with Crippen molar-refractivity contribution in [3.63, 3.8) is 0 Å². The largest absolute Gasteiger partial charge is 0.481 e. The summed E-state index contributed by atoms with van der Waals surface area (Å²) in [6.07, 6.45) is -0.247. The molecule has 130 valence electrons. The maximum absolute atomic E-state index is 12.8. The van der Waals surface area contributed by atoms with Gasteiger partial charge in [-0.2, -0.15) is 5.10 Å². The molecule has 2 aromatic heterocycles. The Bertz CT molecular complexity index is 1210. The van der Waals surface area contributed by atoms with E-state index in [1.165, 1.54) is 4.68 Å². The SMILES string of the molecule is Cn1c(Cn2nc(CC(=O)O)c3ccccc3c2=O)nc2ccccc21. The lowest BCUT2D eigenvalue weighted by molar-refractivity contribution is -0.136. The Balaban J connectivity index is 1.88. The van der Waals surface area contributed by atoms with E-state index in [4.69, 9.17) is 0 Å². The Kier molecular flexibility index (Phi) is 3.76. The minimum atomic E-state index is -0.990. The molecule has 1 N–H and O–H groups in total. The van der Waals surface area contributed by atoms with E-state index in [0.717, 1.165) is 11.0 Å². The van der Waals surface area contributed by atoms with Gasteiger partial charge in [0, 0.05) is 12.4 Å². The fourth-order valence-corrected chi connectivity index (χ4v) is 3.16. The summed E-state index contributed by atoms with van der Waals surface area (Å²) in [4.78, 5) is 28.6. The first kappa shape index (κ1) is 16.0. The van der Waals surface area contributed by atoms with Crippen LogP contribution in [0, 0.1) is 0 Å². The number of carboxylic acids is 1. The van der Waals surface area contributed by atoms with Gasteiger partial charge in [-0.1, -0.05) is 30.3 Å². The van der Waals surface area contributed by atoms with Crippen LogP contribution < -0.4 is 5.56 Å². The van der Waals surface area contributed by atoms with Gasteiger partial charge in [-0.15, -0.1) is 0 Å². The zero-order chi connectivity index (χ0) is 18.3. The van der Waals surface area contributed by atoms with E-state index in [9.17, 15) is 14.7 Å². The maximum Gasteiger partial charge on any atom is 0.309 e. The number of aryl methyl sites for hydroxylation is 1. The summed E-state index contributed by atoms with van der Waals surface area (Å²) in [5.74, 6) is -0.312. The van der Waals surface area contributed by atoms with Crippen molar-refractivity contribution in [2.75, 3.05) is 0 Å². The molecule has 26 heavy (non-hydrogen) atoms. The summed E-state index contributed by atoms with van der Waals surface area (Å²) in [6, 6.07) is 14.6. The molecule has 0 radical (unpaired) electrons. The number of hydrogen-bond acceptors (Lipinski definition) is 4. The molecule has 0 saturated heterocycles. The summed E-state index contributed by atoms with van der Waals surface area (Å²) >= 11 is 0. The second-order valence-electron chi connectivity index (χ2n) is 6.10. The lowest BCUT2D eigenvalue weighted by Crippen LogP contribution is -2.27. The standard InChI is InChI=1S/C19H16N4O3/c1-22-16-9-5-4-8-14(16)20-17(22)11-23-19(26)13-7-3-2-6-12(13)15(21-23)10-18(24)25/h2-9H,10-11H2,1H3,(H,24,25). The number of para-hydroxylation sites is 2. The minimum Gasteiger partial charge on any atom is -0.481 e.